The van der Waals surface area contributed by atoms with Crippen molar-refractivity contribution in [1.82, 2.24) is 0 Å². The molecule has 1 aliphatic carbocycles. The van der Waals surface area contributed by atoms with Gasteiger partial charge in [0.2, 0.25) is 0 Å². The van der Waals surface area contributed by atoms with Crippen LogP contribution in [0.25, 0.3) is 10.8 Å². The number of hydrogen-bond donors (Lipinski definition) is 1. The molecule has 0 radical (unpaired) electrons. The van der Waals surface area contributed by atoms with Gasteiger partial charge in [-0.1, -0.05) is 54.1 Å². The lowest BCUT2D eigenvalue weighted by molar-refractivity contribution is 0.0267. The number of carbonyl (C=O) groups excluding carboxylic acids is 1. The van der Waals surface area contributed by atoms with Crippen molar-refractivity contribution in [1.29, 1.82) is 0 Å². The third kappa shape index (κ3) is 2.16. The Morgan fingerprint density at radius 2 is 1.90 bits per heavy atom. The molecule has 102 valence electrons. The fourth-order valence-electron chi connectivity index (χ4n) is 2.83. The van der Waals surface area contributed by atoms with Crippen LogP contribution in [-0.2, 0) is 0 Å². The van der Waals surface area contributed by atoms with Crippen LogP contribution in [0.3, 0.4) is 0 Å². The molecule has 1 aliphatic rings. The van der Waals surface area contributed by atoms with Crippen molar-refractivity contribution in [2.75, 3.05) is 0 Å². The number of ketones is 1. The number of aliphatic hydroxyl groups is 1. The summed E-state index contributed by atoms with van der Waals surface area (Å²) in [5.41, 5.74) is 0.628. The van der Waals surface area contributed by atoms with E-state index in [0.717, 1.165) is 17.2 Å². The van der Waals surface area contributed by atoms with Crippen LogP contribution in [0.15, 0.2) is 54.1 Å². The number of benzene rings is 2. The number of Topliss-reactive ketones (excluding diaryl/α,β-unsaturated/α-hetero) is 1. The SMILES string of the molecule is CC1=CCC(O)(C(=O)c2cccc3ccccc23)CC1. The first-order valence-electron chi connectivity index (χ1n) is 7.01. The molecule has 2 aromatic rings. The zero-order chi connectivity index (χ0) is 14.2. The van der Waals surface area contributed by atoms with Gasteiger partial charge in [0.15, 0.2) is 5.78 Å². The zero-order valence-corrected chi connectivity index (χ0v) is 11.6. The second-order valence-corrected chi connectivity index (χ2v) is 5.64. The first-order chi connectivity index (χ1) is 9.60. The van der Waals surface area contributed by atoms with Crippen LogP contribution in [0.1, 0.15) is 36.5 Å². The molecule has 0 fully saturated rings. The summed E-state index contributed by atoms with van der Waals surface area (Å²) in [6.45, 7) is 2.04. The minimum Gasteiger partial charge on any atom is -0.381 e. The Bertz CT molecular complexity index is 694. The van der Waals surface area contributed by atoms with Gasteiger partial charge in [-0.25, -0.2) is 0 Å². The Hall–Kier alpha value is -1.93. The Labute approximate surface area is 118 Å². The molecule has 0 amide bonds. The third-order valence-electron chi connectivity index (χ3n) is 4.18. The Morgan fingerprint density at radius 3 is 2.65 bits per heavy atom. The predicted molar refractivity (Wildman–Crippen MR) is 80.8 cm³/mol. The number of hydrogen-bond acceptors (Lipinski definition) is 2. The van der Waals surface area contributed by atoms with Crippen molar-refractivity contribution in [3.05, 3.63) is 59.7 Å². The molecule has 0 bridgehead atoms. The lowest BCUT2D eigenvalue weighted by atomic mass is 9.79. The number of allylic oxidation sites excluding steroid dienone is 1. The largest absolute Gasteiger partial charge is 0.381 e. The van der Waals surface area contributed by atoms with E-state index in [1.807, 2.05) is 55.5 Å². The molecule has 1 N–H and O–H groups in total. The molecule has 1 unspecified atom stereocenters. The van der Waals surface area contributed by atoms with E-state index in [2.05, 4.69) is 0 Å². The third-order valence-corrected chi connectivity index (χ3v) is 4.18. The highest BCUT2D eigenvalue weighted by atomic mass is 16.3. The molecule has 1 atom stereocenters. The average Bonchev–Trinajstić information content (AvgIpc) is 2.49. The average molecular weight is 266 g/mol. The van der Waals surface area contributed by atoms with Crippen molar-refractivity contribution < 1.29 is 9.90 Å². The molecule has 0 spiro atoms. The molecule has 20 heavy (non-hydrogen) atoms. The van der Waals surface area contributed by atoms with Crippen LogP contribution in [0, 0.1) is 0 Å². The second-order valence-electron chi connectivity index (χ2n) is 5.64. The molecule has 0 aromatic heterocycles. The molecular formula is C18H18O2. The number of rotatable bonds is 2. The van der Waals surface area contributed by atoms with Crippen molar-refractivity contribution in [3.63, 3.8) is 0 Å². The summed E-state index contributed by atoms with van der Waals surface area (Å²) >= 11 is 0. The highest BCUT2D eigenvalue weighted by Gasteiger charge is 2.37. The van der Waals surface area contributed by atoms with E-state index in [4.69, 9.17) is 0 Å². The van der Waals surface area contributed by atoms with E-state index >= 15 is 0 Å². The zero-order valence-electron chi connectivity index (χ0n) is 11.6. The number of fused-ring (bicyclic) bond motifs is 1. The van der Waals surface area contributed by atoms with Gasteiger partial charge in [-0.2, -0.15) is 0 Å². The van der Waals surface area contributed by atoms with Crippen LogP contribution in [0.5, 0.6) is 0 Å². The topological polar surface area (TPSA) is 37.3 Å². The van der Waals surface area contributed by atoms with Crippen LogP contribution < -0.4 is 0 Å². The van der Waals surface area contributed by atoms with Gasteiger partial charge in [0.25, 0.3) is 0 Å². The predicted octanol–water partition coefficient (Wildman–Crippen LogP) is 3.88. The van der Waals surface area contributed by atoms with Crippen molar-refractivity contribution >= 4 is 16.6 Å². The molecule has 0 saturated carbocycles. The minimum atomic E-state index is -1.25. The summed E-state index contributed by atoms with van der Waals surface area (Å²) in [7, 11) is 0. The molecular weight excluding hydrogens is 248 g/mol. The van der Waals surface area contributed by atoms with Gasteiger partial charge >= 0.3 is 0 Å². The Balaban J connectivity index is 2.05. The smallest absolute Gasteiger partial charge is 0.195 e. The molecule has 2 heteroatoms. The van der Waals surface area contributed by atoms with Gasteiger partial charge in [0.05, 0.1) is 0 Å². The van der Waals surface area contributed by atoms with Gasteiger partial charge in [0, 0.05) is 12.0 Å². The molecule has 2 aromatic carbocycles. The summed E-state index contributed by atoms with van der Waals surface area (Å²) in [6, 6.07) is 13.5. The summed E-state index contributed by atoms with van der Waals surface area (Å²) in [6.07, 6.45) is 3.69. The molecule has 0 heterocycles. The first kappa shape index (κ1) is 13.1. The van der Waals surface area contributed by atoms with Crippen molar-refractivity contribution in [2.45, 2.75) is 31.8 Å². The van der Waals surface area contributed by atoms with Gasteiger partial charge < -0.3 is 5.11 Å². The fraction of sp³-hybridized carbons (Fsp3) is 0.278. The first-order valence-corrected chi connectivity index (χ1v) is 7.01. The quantitative estimate of drug-likeness (QED) is 0.661. The van der Waals surface area contributed by atoms with Crippen LogP contribution in [0.4, 0.5) is 0 Å². The highest BCUT2D eigenvalue weighted by molar-refractivity contribution is 6.12. The van der Waals surface area contributed by atoms with Crippen molar-refractivity contribution in [3.8, 4) is 0 Å². The van der Waals surface area contributed by atoms with E-state index in [0.29, 0.717) is 18.4 Å². The van der Waals surface area contributed by atoms with Gasteiger partial charge in [-0.15, -0.1) is 0 Å². The Kier molecular flexibility index (Phi) is 3.19. The molecule has 0 aliphatic heterocycles. The second kappa shape index (κ2) is 4.88. The van der Waals surface area contributed by atoms with Crippen molar-refractivity contribution in [2.24, 2.45) is 0 Å². The maximum atomic E-state index is 12.8. The van der Waals surface area contributed by atoms with E-state index < -0.39 is 5.60 Å². The molecule has 0 saturated heterocycles. The van der Waals surface area contributed by atoms with Gasteiger partial charge in [-0.05, 0) is 30.5 Å². The standard InChI is InChI=1S/C18H18O2/c1-13-9-11-18(20,12-10-13)17(19)16-8-4-6-14-5-2-3-7-15(14)16/h2-9,20H,10-12H2,1H3. The van der Waals surface area contributed by atoms with E-state index in [1.54, 1.807) is 0 Å². The van der Waals surface area contributed by atoms with Gasteiger partial charge in [0.1, 0.15) is 5.60 Å². The lowest BCUT2D eigenvalue weighted by Crippen LogP contribution is -2.39. The normalized spacial score (nSPS) is 22.6. The maximum absolute atomic E-state index is 12.8. The summed E-state index contributed by atoms with van der Waals surface area (Å²) < 4.78 is 0. The highest BCUT2D eigenvalue weighted by Crippen LogP contribution is 2.32. The number of carbonyl (C=O) groups is 1. The van der Waals surface area contributed by atoms with Crippen LogP contribution in [0.2, 0.25) is 0 Å². The Morgan fingerprint density at radius 1 is 1.15 bits per heavy atom. The molecule has 3 rings (SSSR count). The summed E-state index contributed by atoms with van der Waals surface area (Å²) in [5.74, 6) is -0.155. The minimum absolute atomic E-state index is 0.155. The lowest BCUT2D eigenvalue weighted by Gasteiger charge is -2.29. The van der Waals surface area contributed by atoms with E-state index in [9.17, 15) is 9.90 Å². The van der Waals surface area contributed by atoms with Crippen LogP contribution in [-0.4, -0.2) is 16.5 Å². The van der Waals surface area contributed by atoms with E-state index in [1.165, 1.54) is 5.57 Å². The van der Waals surface area contributed by atoms with E-state index in [-0.39, 0.29) is 5.78 Å². The molecule has 2 nitrogen and oxygen atoms in total. The fourth-order valence-corrected chi connectivity index (χ4v) is 2.83. The van der Waals surface area contributed by atoms with Crippen LogP contribution >= 0.6 is 0 Å². The van der Waals surface area contributed by atoms with Gasteiger partial charge in [-0.3, -0.25) is 4.79 Å². The summed E-state index contributed by atoms with van der Waals surface area (Å²) in [4.78, 5) is 12.8. The maximum Gasteiger partial charge on any atom is 0.195 e. The monoisotopic (exact) mass is 266 g/mol. The summed E-state index contributed by atoms with van der Waals surface area (Å²) in [5, 5.41) is 12.6.